The van der Waals surface area contributed by atoms with Crippen LogP contribution >= 0.6 is 15.9 Å². The molecule has 1 N–H and O–H groups in total. The summed E-state index contributed by atoms with van der Waals surface area (Å²) in [5.41, 5.74) is 0. The molecule has 3 nitrogen and oxygen atoms in total. The summed E-state index contributed by atoms with van der Waals surface area (Å²) in [5, 5.41) is 0. The van der Waals surface area contributed by atoms with E-state index in [4.69, 9.17) is 0 Å². The number of sulfonamides is 1. The average molecular weight is 216 g/mol. The first kappa shape index (κ1) is 9.39. The molecule has 1 unspecified atom stereocenters. The minimum Gasteiger partial charge on any atom is -0.214 e. The van der Waals surface area contributed by atoms with Crippen LogP contribution in [0.3, 0.4) is 0 Å². The third-order valence-electron chi connectivity index (χ3n) is 0.627. The highest BCUT2D eigenvalue weighted by atomic mass is 79.9. The van der Waals surface area contributed by atoms with Crippen LogP contribution in [0.1, 0.15) is 6.92 Å². The zero-order chi connectivity index (χ0) is 7.49. The predicted molar refractivity (Wildman–Crippen MR) is 41.2 cm³/mol. The molecule has 0 radical (unpaired) electrons. The van der Waals surface area contributed by atoms with Gasteiger partial charge in [0.25, 0.3) is 0 Å². The van der Waals surface area contributed by atoms with Crippen molar-refractivity contribution in [2.45, 2.75) is 11.8 Å². The van der Waals surface area contributed by atoms with Gasteiger partial charge >= 0.3 is 0 Å². The van der Waals surface area contributed by atoms with E-state index in [9.17, 15) is 8.42 Å². The third kappa shape index (κ3) is 8.39. The smallest absolute Gasteiger partial charge is 0.208 e. The molecule has 0 amide bonds. The Labute approximate surface area is 64.0 Å². The van der Waals surface area contributed by atoms with Crippen molar-refractivity contribution in [3.8, 4) is 0 Å². The normalized spacial score (nSPS) is 15.4. The first-order valence-electron chi connectivity index (χ1n) is 2.50. The van der Waals surface area contributed by atoms with Crippen molar-refractivity contribution < 1.29 is 8.42 Å². The van der Waals surface area contributed by atoms with E-state index in [2.05, 4.69) is 20.7 Å². The van der Waals surface area contributed by atoms with Crippen LogP contribution in [0.15, 0.2) is 0 Å². The van der Waals surface area contributed by atoms with E-state index >= 15 is 0 Å². The molecule has 0 aliphatic heterocycles. The average Bonchev–Trinajstić information content (AvgIpc) is 1.59. The SMILES string of the molecule is CC(Br)CNS(C)(=O)=O. The molecule has 0 aliphatic rings. The molecule has 0 heterocycles. The van der Waals surface area contributed by atoms with E-state index in [-0.39, 0.29) is 4.83 Å². The zero-order valence-electron chi connectivity index (χ0n) is 5.39. The summed E-state index contributed by atoms with van der Waals surface area (Å²) in [4.78, 5) is 0.187. The van der Waals surface area contributed by atoms with Crippen LogP contribution in [0.2, 0.25) is 0 Å². The summed E-state index contributed by atoms with van der Waals surface area (Å²) in [7, 11) is -3.00. The number of halogens is 1. The molecule has 0 aliphatic carbocycles. The summed E-state index contributed by atoms with van der Waals surface area (Å²) in [5.74, 6) is 0. The molecular formula is C4H10BrNO2S. The minimum atomic E-state index is -3.00. The van der Waals surface area contributed by atoms with Crippen LogP contribution in [0, 0.1) is 0 Å². The topological polar surface area (TPSA) is 46.2 Å². The van der Waals surface area contributed by atoms with Crippen molar-refractivity contribution in [2.24, 2.45) is 0 Å². The van der Waals surface area contributed by atoms with Gasteiger partial charge in [-0.1, -0.05) is 22.9 Å². The molecule has 0 spiro atoms. The van der Waals surface area contributed by atoms with Gasteiger partial charge in [-0.3, -0.25) is 0 Å². The quantitative estimate of drug-likeness (QED) is 0.690. The van der Waals surface area contributed by atoms with E-state index in [0.717, 1.165) is 6.26 Å². The number of rotatable bonds is 3. The van der Waals surface area contributed by atoms with Gasteiger partial charge in [0.1, 0.15) is 0 Å². The summed E-state index contributed by atoms with van der Waals surface area (Å²) in [6.45, 7) is 2.32. The number of alkyl halides is 1. The Bertz CT molecular complexity index is 163. The Hall–Kier alpha value is 0.390. The standard InChI is InChI=1S/C4H10BrNO2S/c1-4(5)3-6-9(2,7)8/h4,6H,3H2,1-2H3. The largest absolute Gasteiger partial charge is 0.214 e. The monoisotopic (exact) mass is 215 g/mol. The molecule has 0 bridgehead atoms. The number of hydrogen-bond donors (Lipinski definition) is 1. The van der Waals surface area contributed by atoms with Crippen molar-refractivity contribution in [3.63, 3.8) is 0 Å². The highest BCUT2D eigenvalue weighted by molar-refractivity contribution is 9.09. The molecular weight excluding hydrogens is 206 g/mol. The molecule has 1 atom stereocenters. The molecule has 0 fully saturated rings. The molecule has 0 aromatic rings. The lowest BCUT2D eigenvalue weighted by Crippen LogP contribution is -2.27. The van der Waals surface area contributed by atoms with Crippen LogP contribution in [0.4, 0.5) is 0 Å². The fourth-order valence-corrected chi connectivity index (χ4v) is 1.20. The van der Waals surface area contributed by atoms with E-state index in [1.54, 1.807) is 0 Å². The Balaban J connectivity index is 3.53. The molecule has 0 aromatic heterocycles. The number of nitrogens with one attached hydrogen (secondary N) is 1. The lowest BCUT2D eigenvalue weighted by Gasteiger charge is -2.01. The Morgan fingerprint density at radius 2 is 2.11 bits per heavy atom. The van der Waals surface area contributed by atoms with Gasteiger partial charge in [-0.05, 0) is 0 Å². The lowest BCUT2D eigenvalue weighted by atomic mass is 10.5. The van der Waals surface area contributed by atoms with Crippen molar-refractivity contribution in [1.29, 1.82) is 0 Å². The van der Waals surface area contributed by atoms with Crippen LogP contribution in [0.25, 0.3) is 0 Å². The highest BCUT2D eigenvalue weighted by Crippen LogP contribution is 1.93. The van der Waals surface area contributed by atoms with Gasteiger partial charge in [-0.15, -0.1) is 0 Å². The first-order valence-corrected chi connectivity index (χ1v) is 5.31. The molecule has 0 rings (SSSR count). The van der Waals surface area contributed by atoms with Gasteiger partial charge in [0.15, 0.2) is 0 Å². The molecule has 56 valence electrons. The van der Waals surface area contributed by atoms with Crippen LogP contribution in [0.5, 0.6) is 0 Å². The maximum atomic E-state index is 10.4. The lowest BCUT2D eigenvalue weighted by molar-refractivity contribution is 0.588. The van der Waals surface area contributed by atoms with Gasteiger partial charge in [0.05, 0.1) is 6.26 Å². The second-order valence-corrected chi connectivity index (χ2v) is 5.30. The molecule has 0 saturated heterocycles. The number of hydrogen-bond acceptors (Lipinski definition) is 2. The Kier molecular flexibility index (Phi) is 3.68. The highest BCUT2D eigenvalue weighted by Gasteiger charge is 2.01. The van der Waals surface area contributed by atoms with E-state index in [0.29, 0.717) is 6.54 Å². The molecule has 5 heteroatoms. The second-order valence-electron chi connectivity index (χ2n) is 1.90. The Morgan fingerprint density at radius 3 is 2.22 bits per heavy atom. The van der Waals surface area contributed by atoms with Crippen LogP contribution in [-0.2, 0) is 10.0 Å². The third-order valence-corrected chi connectivity index (χ3v) is 1.64. The molecule has 0 saturated carbocycles. The van der Waals surface area contributed by atoms with Gasteiger partial charge < -0.3 is 0 Å². The van der Waals surface area contributed by atoms with E-state index in [1.165, 1.54) is 0 Å². The summed E-state index contributed by atoms with van der Waals surface area (Å²) < 4.78 is 23.2. The fourth-order valence-electron chi connectivity index (χ4n) is 0.266. The van der Waals surface area contributed by atoms with Crippen LogP contribution < -0.4 is 4.72 Å². The minimum absolute atomic E-state index is 0.187. The maximum Gasteiger partial charge on any atom is 0.208 e. The first-order chi connectivity index (χ1) is 3.92. The Morgan fingerprint density at radius 1 is 1.67 bits per heavy atom. The summed E-state index contributed by atoms with van der Waals surface area (Å²) in [6, 6.07) is 0. The van der Waals surface area contributed by atoms with Crippen LogP contribution in [-0.4, -0.2) is 26.0 Å². The van der Waals surface area contributed by atoms with Gasteiger partial charge in [-0.25, -0.2) is 13.1 Å². The van der Waals surface area contributed by atoms with E-state index in [1.807, 2.05) is 6.92 Å². The zero-order valence-corrected chi connectivity index (χ0v) is 7.79. The van der Waals surface area contributed by atoms with Crippen molar-refractivity contribution in [3.05, 3.63) is 0 Å². The van der Waals surface area contributed by atoms with E-state index < -0.39 is 10.0 Å². The second kappa shape index (κ2) is 3.53. The summed E-state index contributed by atoms with van der Waals surface area (Å²) in [6.07, 6.45) is 1.14. The molecule has 0 aromatic carbocycles. The van der Waals surface area contributed by atoms with Gasteiger partial charge in [0.2, 0.25) is 10.0 Å². The van der Waals surface area contributed by atoms with Gasteiger partial charge in [-0.2, -0.15) is 0 Å². The van der Waals surface area contributed by atoms with Gasteiger partial charge in [0, 0.05) is 11.4 Å². The van der Waals surface area contributed by atoms with Crippen molar-refractivity contribution >= 4 is 26.0 Å². The summed E-state index contributed by atoms with van der Waals surface area (Å²) >= 11 is 3.20. The fraction of sp³-hybridized carbons (Fsp3) is 1.00. The predicted octanol–water partition coefficient (Wildman–Crippen LogP) is 0.319. The maximum absolute atomic E-state index is 10.4. The van der Waals surface area contributed by atoms with Crippen molar-refractivity contribution in [1.82, 2.24) is 4.72 Å². The molecule has 9 heavy (non-hydrogen) atoms. The van der Waals surface area contributed by atoms with Crippen molar-refractivity contribution in [2.75, 3.05) is 12.8 Å².